The number of carbonyl (C=O) groups excluding carboxylic acids is 1. The van der Waals surface area contributed by atoms with Gasteiger partial charge in [-0.2, -0.15) is 18.2 Å². The van der Waals surface area contributed by atoms with Gasteiger partial charge in [-0.25, -0.2) is 0 Å². The van der Waals surface area contributed by atoms with Crippen molar-refractivity contribution in [3.63, 3.8) is 0 Å². The van der Waals surface area contributed by atoms with Crippen LogP contribution < -0.4 is 5.43 Å². The standard InChI is InChI=1S/C24H31F3N2O/c1-4-5-6-7-8-9-17-10-11-19-15-20(13-12-18(19)14-17)22(24(25,26)27)29-23(2,3)16-21(30)28-29/h10-15,22H,4-9,16H2,1-3H3,(H,28,30). The van der Waals surface area contributed by atoms with Crippen molar-refractivity contribution in [1.82, 2.24) is 10.4 Å². The minimum atomic E-state index is -4.51. The molecule has 164 valence electrons. The normalized spacial score (nSPS) is 18.0. The van der Waals surface area contributed by atoms with E-state index in [0.717, 1.165) is 28.6 Å². The SMILES string of the molecule is CCCCCCCc1ccc2cc(C(N3NC(=O)CC3(C)C)C(F)(F)F)ccc2c1. The van der Waals surface area contributed by atoms with Crippen molar-refractivity contribution in [2.24, 2.45) is 0 Å². The van der Waals surface area contributed by atoms with E-state index >= 15 is 0 Å². The Labute approximate surface area is 176 Å². The van der Waals surface area contributed by atoms with Crippen LogP contribution >= 0.6 is 0 Å². The van der Waals surface area contributed by atoms with Gasteiger partial charge in [-0.3, -0.25) is 10.2 Å². The summed E-state index contributed by atoms with van der Waals surface area (Å²) in [5.74, 6) is -0.390. The number of nitrogens with zero attached hydrogens (tertiary/aromatic N) is 1. The summed E-state index contributed by atoms with van der Waals surface area (Å²) in [7, 11) is 0. The van der Waals surface area contributed by atoms with Crippen molar-refractivity contribution in [2.45, 2.75) is 83.5 Å². The van der Waals surface area contributed by atoms with Crippen molar-refractivity contribution in [3.8, 4) is 0 Å². The van der Waals surface area contributed by atoms with Gasteiger partial charge in [-0.05, 0) is 54.7 Å². The van der Waals surface area contributed by atoms with Crippen LogP contribution in [-0.4, -0.2) is 22.6 Å². The second kappa shape index (κ2) is 8.96. The van der Waals surface area contributed by atoms with Gasteiger partial charge >= 0.3 is 6.18 Å². The van der Waals surface area contributed by atoms with Gasteiger partial charge in [0.15, 0.2) is 6.04 Å². The van der Waals surface area contributed by atoms with Crippen LogP contribution in [0.15, 0.2) is 36.4 Å². The van der Waals surface area contributed by atoms with Crippen LogP contribution in [0.1, 0.15) is 76.5 Å². The second-order valence-corrected chi connectivity index (χ2v) is 8.94. The minimum Gasteiger partial charge on any atom is -0.287 e. The quantitative estimate of drug-likeness (QED) is 0.496. The number of alkyl halides is 3. The first-order valence-electron chi connectivity index (χ1n) is 10.8. The zero-order valence-electron chi connectivity index (χ0n) is 18.0. The highest BCUT2D eigenvalue weighted by Crippen LogP contribution is 2.43. The van der Waals surface area contributed by atoms with Crippen molar-refractivity contribution >= 4 is 16.7 Å². The Bertz CT molecular complexity index is 892. The molecule has 3 nitrogen and oxygen atoms in total. The van der Waals surface area contributed by atoms with E-state index in [0.29, 0.717) is 0 Å². The molecule has 0 saturated carbocycles. The third-order valence-corrected chi connectivity index (χ3v) is 5.87. The Balaban J connectivity index is 1.84. The molecule has 0 aliphatic carbocycles. The first-order valence-corrected chi connectivity index (χ1v) is 10.8. The number of hydrogen-bond donors (Lipinski definition) is 1. The number of nitrogens with one attached hydrogen (secondary N) is 1. The number of hydrogen-bond acceptors (Lipinski definition) is 2. The fourth-order valence-electron chi connectivity index (χ4n) is 4.27. The number of rotatable bonds is 8. The lowest BCUT2D eigenvalue weighted by Crippen LogP contribution is -2.51. The average Bonchev–Trinajstić information content (AvgIpc) is 2.92. The molecule has 1 N–H and O–H groups in total. The Hall–Kier alpha value is -2.08. The number of carbonyl (C=O) groups is 1. The molecule has 1 fully saturated rings. The number of amides is 1. The molecular formula is C24H31F3N2O. The van der Waals surface area contributed by atoms with Crippen molar-refractivity contribution in [3.05, 3.63) is 47.5 Å². The molecule has 1 unspecified atom stereocenters. The summed E-state index contributed by atoms with van der Waals surface area (Å²) in [5.41, 5.74) is 2.85. The molecular weight excluding hydrogens is 389 g/mol. The molecule has 2 aromatic rings. The molecule has 6 heteroatoms. The van der Waals surface area contributed by atoms with E-state index in [1.54, 1.807) is 26.0 Å². The molecule has 0 radical (unpaired) electrons. The predicted molar refractivity (Wildman–Crippen MR) is 114 cm³/mol. The molecule has 1 saturated heterocycles. The van der Waals surface area contributed by atoms with Crippen LogP contribution in [-0.2, 0) is 11.2 Å². The van der Waals surface area contributed by atoms with E-state index in [1.807, 2.05) is 12.1 Å². The van der Waals surface area contributed by atoms with Gasteiger partial charge in [0.2, 0.25) is 5.91 Å². The van der Waals surface area contributed by atoms with Crippen LogP contribution in [0.2, 0.25) is 0 Å². The second-order valence-electron chi connectivity index (χ2n) is 8.94. The molecule has 0 aromatic heterocycles. The molecule has 0 bridgehead atoms. The van der Waals surface area contributed by atoms with E-state index < -0.39 is 23.7 Å². The van der Waals surface area contributed by atoms with Gasteiger partial charge in [0.1, 0.15) is 0 Å². The van der Waals surface area contributed by atoms with Gasteiger partial charge in [0.05, 0.1) is 0 Å². The lowest BCUT2D eigenvalue weighted by Gasteiger charge is -2.38. The molecule has 3 rings (SSSR count). The molecule has 1 heterocycles. The number of benzene rings is 2. The third kappa shape index (κ3) is 5.15. The highest BCUT2D eigenvalue weighted by Gasteiger charge is 2.52. The number of aryl methyl sites for hydroxylation is 1. The lowest BCUT2D eigenvalue weighted by molar-refractivity contribution is -0.203. The Morgan fingerprint density at radius 1 is 1.03 bits per heavy atom. The Morgan fingerprint density at radius 3 is 2.33 bits per heavy atom. The fraction of sp³-hybridized carbons (Fsp3) is 0.542. The summed E-state index contributed by atoms with van der Waals surface area (Å²) >= 11 is 0. The van der Waals surface area contributed by atoms with Crippen molar-refractivity contribution in [1.29, 1.82) is 0 Å². The Morgan fingerprint density at radius 2 is 1.70 bits per heavy atom. The van der Waals surface area contributed by atoms with E-state index in [9.17, 15) is 18.0 Å². The number of fused-ring (bicyclic) bond motifs is 1. The van der Waals surface area contributed by atoms with Gasteiger partial charge in [-0.1, -0.05) is 62.9 Å². The number of unbranched alkanes of at least 4 members (excludes halogenated alkanes) is 4. The molecule has 1 aliphatic heterocycles. The van der Waals surface area contributed by atoms with E-state index in [2.05, 4.69) is 18.4 Å². The summed E-state index contributed by atoms with van der Waals surface area (Å²) in [6, 6.07) is 8.99. The molecule has 1 aliphatic rings. The number of halogens is 3. The first kappa shape index (κ1) is 22.6. The fourth-order valence-corrected chi connectivity index (χ4v) is 4.27. The summed E-state index contributed by atoms with van der Waals surface area (Å²) in [5, 5.41) is 2.77. The third-order valence-electron chi connectivity index (χ3n) is 5.87. The molecule has 0 spiro atoms. The first-order chi connectivity index (χ1) is 14.1. The maximum Gasteiger partial charge on any atom is 0.409 e. The monoisotopic (exact) mass is 420 g/mol. The van der Waals surface area contributed by atoms with Gasteiger partial charge < -0.3 is 0 Å². The van der Waals surface area contributed by atoms with Gasteiger partial charge in [0, 0.05) is 12.0 Å². The highest BCUT2D eigenvalue weighted by atomic mass is 19.4. The van der Waals surface area contributed by atoms with Crippen LogP contribution in [0.4, 0.5) is 13.2 Å². The zero-order chi connectivity index (χ0) is 21.9. The summed E-state index contributed by atoms with van der Waals surface area (Å²) in [4.78, 5) is 11.8. The van der Waals surface area contributed by atoms with Crippen molar-refractivity contribution in [2.75, 3.05) is 0 Å². The molecule has 2 aromatic carbocycles. The summed E-state index contributed by atoms with van der Waals surface area (Å²) < 4.78 is 42.1. The summed E-state index contributed by atoms with van der Waals surface area (Å²) in [6.07, 6.45) is 2.57. The Kier molecular flexibility index (Phi) is 6.75. The summed E-state index contributed by atoms with van der Waals surface area (Å²) in [6.45, 7) is 5.49. The van der Waals surface area contributed by atoms with Gasteiger partial charge in [0.25, 0.3) is 0 Å². The van der Waals surface area contributed by atoms with Crippen molar-refractivity contribution < 1.29 is 18.0 Å². The highest BCUT2D eigenvalue weighted by molar-refractivity contribution is 5.84. The maximum absolute atomic E-state index is 14.0. The van der Waals surface area contributed by atoms with Crippen LogP contribution in [0.5, 0.6) is 0 Å². The largest absolute Gasteiger partial charge is 0.409 e. The van der Waals surface area contributed by atoms with Crippen LogP contribution in [0.25, 0.3) is 10.8 Å². The zero-order valence-corrected chi connectivity index (χ0v) is 18.0. The van der Waals surface area contributed by atoms with E-state index in [1.165, 1.54) is 37.3 Å². The lowest BCUT2D eigenvalue weighted by atomic mass is 9.95. The average molecular weight is 421 g/mol. The minimum absolute atomic E-state index is 0.0365. The molecule has 1 atom stereocenters. The molecule has 30 heavy (non-hydrogen) atoms. The predicted octanol–water partition coefficient (Wildman–Crippen LogP) is 6.47. The van der Waals surface area contributed by atoms with Crippen LogP contribution in [0, 0.1) is 0 Å². The number of hydrazine groups is 1. The molecule has 1 amide bonds. The van der Waals surface area contributed by atoms with Crippen LogP contribution in [0.3, 0.4) is 0 Å². The maximum atomic E-state index is 14.0. The topological polar surface area (TPSA) is 32.3 Å². The smallest absolute Gasteiger partial charge is 0.287 e. The van der Waals surface area contributed by atoms with E-state index in [4.69, 9.17) is 0 Å². The van der Waals surface area contributed by atoms with Gasteiger partial charge in [-0.15, -0.1) is 0 Å². The van der Waals surface area contributed by atoms with E-state index in [-0.39, 0.29) is 12.0 Å².